The van der Waals surface area contributed by atoms with Crippen LogP contribution in [0.2, 0.25) is 0 Å². The van der Waals surface area contributed by atoms with E-state index >= 15 is 0 Å². The second kappa shape index (κ2) is 5.79. The standard InChI is InChI=1S/C13H21N3O2S/c14-12-8-7-11(19(15,17)18)9-13(12)16-10-5-3-1-2-4-6-10/h7-10,16H,1-6,14H2,(H2,15,17,18). The molecule has 0 atom stereocenters. The molecule has 0 spiro atoms. The van der Waals surface area contributed by atoms with Crippen LogP contribution in [0, 0.1) is 0 Å². The molecule has 2 rings (SSSR count). The molecule has 0 aliphatic heterocycles. The van der Waals surface area contributed by atoms with Crippen molar-refractivity contribution in [1.82, 2.24) is 0 Å². The van der Waals surface area contributed by atoms with Gasteiger partial charge in [-0.25, -0.2) is 13.6 Å². The Morgan fingerprint density at radius 1 is 1.11 bits per heavy atom. The van der Waals surface area contributed by atoms with Crippen molar-refractivity contribution in [2.45, 2.75) is 49.5 Å². The lowest BCUT2D eigenvalue weighted by atomic mass is 10.1. The zero-order valence-corrected chi connectivity index (χ0v) is 11.7. The summed E-state index contributed by atoms with van der Waals surface area (Å²) in [5.74, 6) is 0. The number of hydrogen-bond donors (Lipinski definition) is 3. The van der Waals surface area contributed by atoms with Gasteiger partial charge in [-0.3, -0.25) is 0 Å². The first-order valence-corrected chi connectivity index (χ1v) is 8.20. The normalized spacial score (nSPS) is 17.9. The van der Waals surface area contributed by atoms with Crippen molar-refractivity contribution in [2.24, 2.45) is 5.14 Å². The maximum Gasteiger partial charge on any atom is 0.238 e. The second-order valence-corrected chi connectivity index (χ2v) is 6.69. The van der Waals surface area contributed by atoms with Gasteiger partial charge in [-0.15, -0.1) is 0 Å². The first-order chi connectivity index (χ1) is 8.97. The van der Waals surface area contributed by atoms with Crippen LogP contribution in [0.1, 0.15) is 38.5 Å². The van der Waals surface area contributed by atoms with Crippen LogP contribution in [-0.4, -0.2) is 14.5 Å². The minimum absolute atomic E-state index is 0.0952. The van der Waals surface area contributed by atoms with E-state index in [2.05, 4.69) is 5.32 Å². The molecule has 0 saturated heterocycles. The van der Waals surface area contributed by atoms with Gasteiger partial charge in [0.05, 0.1) is 16.3 Å². The highest BCUT2D eigenvalue weighted by Gasteiger charge is 2.15. The van der Waals surface area contributed by atoms with Crippen LogP contribution < -0.4 is 16.2 Å². The Bertz CT molecular complexity index is 535. The molecule has 1 aliphatic carbocycles. The number of rotatable bonds is 3. The Hall–Kier alpha value is -1.27. The monoisotopic (exact) mass is 283 g/mol. The Labute approximate surface area is 114 Å². The van der Waals surface area contributed by atoms with Gasteiger partial charge in [-0.2, -0.15) is 0 Å². The van der Waals surface area contributed by atoms with Crippen LogP contribution in [0.3, 0.4) is 0 Å². The SMILES string of the molecule is Nc1ccc(S(N)(=O)=O)cc1NC1CCCCCC1. The molecule has 5 nitrogen and oxygen atoms in total. The molecular weight excluding hydrogens is 262 g/mol. The van der Waals surface area contributed by atoms with Crippen LogP contribution in [0.5, 0.6) is 0 Å². The van der Waals surface area contributed by atoms with Crippen molar-refractivity contribution in [3.63, 3.8) is 0 Å². The maximum absolute atomic E-state index is 11.4. The van der Waals surface area contributed by atoms with E-state index in [1.807, 2.05) is 0 Å². The molecule has 19 heavy (non-hydrogen) atoms. The summed E-state index contributed by atoms with van der Waals surface area (Å²) in [4.78, 5) is 0.0952. The van der Waals surface area contributed by atoms with Crippen molar-refractivity contribution >= 4 is 21.4 Å². The van der Waals surface area contributed by atoms with Crippen LogP contribution in [0.4, 0.5) is 11.4 Å². The predicted molar refractivity (Wildman–Crippen MR) is 77.3 cm³/mol. The van der Waals surface area contributed by atoms with Crippen LogP contribution in [-0.2, 0) is 10.0 Å². The van der Waals surface area contributed by atoms with Gasteiger partial charge in [-0.1, -0.05) is 25.7 Å². The lowest BCUT2D eigenvalue weighted by Gasteiger charge is -2.19. The fourth-order valence-corrected chi connectivity index (χ4v) is 3.02. The van der Waals surface area contributed by atoms with Gasteiger partial charge >= 0.3 is 0 Å². The zero-order valence-electron chi connectivity index (χ0n) is 10.9. The number of nitrogens with two attached hydrogens (primary N) is 2. The first kappa shape index (κ1) is 14.1. The van der Waals surface area contributed by atoms with E-state index in [4.69, 9.17) is 10.9 Å². The van der Waals surface area contributed by atoms with Crippen molar-refractivity contribution in [2.75, 3.05) is 11.1 Å². The Morgan fingerprint density at radius 2 is 1.74 bits per heavy atom. The second-order valence-electron chi connectivity index (χ2n) is 5.13. The van der Waals surface area contributed by atoms with Gasteiger partial charge in [0.15, 0.2) is 0 Å². The van der Waals surface area contributed by atoms with E-state index in [0.29, 0.717) is 17.4 Å². The maximum atomic E-state index is 11.4. The first-order valence-electron chi connectivity index (χ1n) is 6.66. The summed E-state index contributed by atoms with van der Waals surface area (Å²) in [7, 11) is -3.69. The Morgan fingerprint density at radius 3 is 2.32 bits per heavy atom. The fraction of sp³-hybridized carbons (Fsp3) is 0.538. The quantitative estimate of drug-likeness (QED) is 0.584. The lowest BCUT2D eigenvalue weighted by molar-refractivity contribution is 0.597. The molecule has 1 aromatic rings. The minimum Gasteiger partial charge on any atom is -0.397 e. The van der Waals surface area contributed by atoms with Crippen LogP contribution in [0.15, 0.2) is 23.1 Å². The molecule has 0 heterocycles. The molecule has 106 valence electrons. The number of nitrogen functional groups attached to an aromatic ring is 1. The molecule has 0 amide bonds. The topological polar surface area (TPSA) is 98.2 Å². The fourth-order valence-electron chi connectivity index (χ4n) is 2.48. The molecule has 0 bridgehead atoms. The summed E-state index contributed by atoms with van der Waals surface area (Å²) in [6.45, 7) is 0. The molecule has 1 fully saturated rings. The smallest absolute Gasteiger partial charge is 0.238 e. The summed E-state index contributed by atoms with van der Waals surface area (Å²) < 4.78 is 22.7. The van der Waals surface area contributed by atoms with Crippen molar-refractivity contribution in [1.29, 1.82) is 0 Å². The van der Waals surface area contributed by atoms with Gasteiger partial charge in [0, 0.05) is 6.04 Å². The van der Waals surface area contributed by atoms with E-state index in [9.17, 15) is 8.42 Å². The summed E-state index contributed by atoms with van der Waals surface area (Å²) in [5, 5.41) is 8.49. The molecule has 0 radical (unpaired) electrons. The number of anilines is 2. The van der Waals surface area contributed by atoms with Gasteiger partial charge in [-0.05, 0) is 31.0 Å². The molecule has 0 unspecified atom stereocenters. The molecule has 1 saturated carbocycles. The summed E-state index contributed by atoms with van der Waals surface area (Å²) >= 11 is 0. The molecule has 1 aromatic carbocycles. The van der Waals surface area contributed by atoms with Gasteiger partial charge in [0.2, 0.25) is 10.0 Å². The van der Waals surface area contributed by atoms with E-state index in [0.717, 1.165) is 12.8 Å². The number of sulfonamides is 1. The van der Waals surface area contributed by atoms with E-state index in [-0.39, 0.29) is 4.90 Å². The van der Waals surface area contributed by atoms with Gasteiger partial charge in [0.1, 0.15) is 0 Å². The molecular formula is C13H21N3O2S. The number of hydrogen-bond acceptors (Lipinski definition) is 4. The lowest BCUT2D eigenvalue weighted by Crippen LogP contribution is -2.20. The third-order valence-corrected chi connectivity index (χ3v) is 4.48. The number of primary sulfonamides is 1. The van der Waals surface area contributed by atoms with E-state index in [1.54, 1.807) is 6.07 Å². The van der Waals surface area contributed by atoms with Crippen LogP contribution in [0.25, 0.3) is 0 Å². The zero-order chi connectivity index (χ0) is 13.9. The third kappa shape index (κ3) is 3.84. The minimum atomic E-state index is -3.69. The van der Waals surface area contributed by atoms with Crippen LogP contribution >= 0.6 is 0 Å². The highest BCUT2D eigenvalue weighted by Crippen LogP contribution is 2.26. The van der Waals surface area contributed by atoms with Gasteiger partial charge in [0.25, 0.3) is 0 Å². The number of nitrogens with one attached hydrogen (secondary N) is 1. The predicted octanol–water partition coefficient (Wildman–Crippen LogP) is 2.05. The van der Waals surface area contributed by atoms with Gasteiger partial charge < -0.3 is 11.1 Å². The highest BCUT2D eigenvalue weighted by molar-refractivity contribution is 7.89. The average molecular weight is 283 g/mol. The number of benzene rings is 1. The van der Waals surface area contributed by atoms with E-state index < -0.39 is 10.0 Å². The Kier molecular flexibility index (Phi) is 4.31. The summed E-state index contributed by atoms with van der Waals surface area (Å²) in [6, 6.07) is 4.90. The summed E-state index contributed by atoms with van der Waals surface area (Å²) in [5.41, 5.74) is 7.11. The van der Waals surface area contributed by atoms with E-state index in [1.165, 1.54) is 37.8 Å². The third-order valence-electron chi connectivity index (χ3n) is 3.57. The molecule has 1 aliphatic rings. The van der Waals surface area contributed by atoms with Crippen molar-refractivity contribution in [3.05, 3.63) is 18.2 Å². The Balaban J connectivity index is 2.19. The molecule has 6 heteroatoms. The molecule has 5 N–H and O–H groups in total. The highest BCUT2D eigenvalue weighted by atomic mass is 32.2. The van der Waals surface area contributed by atoms with Crippen molar-refractivity contribution < 1.29 is 8.42 Å². The average Bonchev–Trinajstić information content (AvgIpc) is 2.59. The molecule has 0 aromatic heterocycles. The largest absolute Gasteiger partial charge is 0.397 e. The summed E-state index contributed by atoms with van der Waals surface area (Å²) in [6.07, 6.45) is 7.13. The van der Waals surface area contributed by atoms with Crippen molar-refractivity contribution in [3.8, 4) is 0 Å².